The highest BCUT2D eigenvalue weighted by atomic mass is 32.2. The van der Waals surface area contributed by atoms with Crippen molar-refractivity contribution in [1.82, 2.24) is 0 Å². The number of carbonyl (C=O) groups is 3. The fourth-order valence-corrected chi connectivity index (χ4v) is 5.75. The van der Waals surface area contributed by atoms with Gasteiger partial charge in [-0.25, -0.2) is 0 Å². The molecule has 0 fully saturated rings. The van der Waals surface area contributed by atoms with Gasteiger partial charge in [-0.15, -0.1) is 0 Å². The van der Waals surface area contributed by atoms with E-state index in [0.717, 1.165) is 38.5 Å². The summed E-state index contributed by atoms with van der Waals surface area (Å²) in [6.07, 6.45) is 23.8. The van der Waals surface area contributed by atoms with Crippen LogP contribution in [0.15, 0.2) is 12.2 Å². The van der Waals surface area contributed by atoms with E-state index in [-0.39, 0.29) is 28.1 Å². The number of carbonyl (C=O) groups excluding carboxylic acids is 3. The minimum absolute atomic E-state index is 0.106. The van der Waals surface area contributed by atoms with Crippen LogP contribution < -0.4 is 0 Å². The van der Waals surface area contributed by atoms with Gasteiger partial charge < -0.3 is 4.74 Å². The number of allylic oxidation sites excluding steroid dienone is 2. The van der Waals surface area contributed by atoms with E-state index in [0.29, 0.717) is 25.0 Å². The Labute approximate surface area is 224 Å². The summed E-state index contributed by atoms with van der Waals surface area (Å²) in [5, 5.41) is 0.0907. The predicted molar refractivity (Wildman–Crippen MR) is 154 cm³/mol. The number of hydrogen-bond acceptors (Lipinski definition) is 6. The molecule has 1 unspecified atom stereocenters. The first-order chi connectivity index (χ1) is 17.0. The molecule has 0 aliphatic heterocycles. The molecule has 1 atom stereocenters. The molecular weight excluding hydrogens is 476 g/mol. The monoisotopic (exact) mass is 528 g/mol. The number of unbranched alkanes of at least 4 members (excludes halogenated alkanes) is 11. The molecule has 0 amide bonds. The molecule has 0 spiro atoms. The van der Waals surface area contributed by atoms with Crippen molar-refractivity contribution in [3.05, 3.63) is 12.2 Å². The van der Waals surface area contributed by atoms with Gasteiger partial charge in [0.05, 0.1) is 5.25 Å². The largest absolute Gasteiger partial charge is 0.464 e. The Morgan fingerprint density at radius 3 is 1.80 bits per heavy atom. The second kappa shape index (κ2) is 26.3. The maximum Gasteiger partial charge on any atom is 0.305 e. The lowest BCUT2D eigenvalue weighted by Crippen LogP contribution is -2.21. The lowest BCUT2D eigenvalue weighted by Gasteiger charge is -2.15. The molecule has 0 aromatic rings. The summed E-state index contributed by atoms with van der Waals surface area (Å²) in [4.78, 5) is 36.0. The number of thioether (sulfide) groups is 2. The topological polar surface area (TPSA) is 60.4 Å². The number of esters is 1. The molecule has 0 saturated carbocycles. The Hall–Kier alpha value is -0.750. The van der Waals surface area contributed by atoms with Crippen molar-refractivity contribution in [3.8, 4) is 0 Å². The predicted octanol–water partition coefficient (Wildman–Crippen LogP) is 9.06. The molecule has 0 aliphatic rings. The van der Waals surface area contributed by atoms with Gasteiger partial charge in [0.1, 0.15) is 6.61 Å². The van der Waals surface area contributed by atoms with Crippen LogP contribution in [0.5, 0.6) is 0 Å². The minimum atomic E-state index is -0.193. The van der Waals surface area contributed by atoms with Crippen molar-refractivity contribution >= 4 is 39.7 Å². The fourth-order valence-electron chi connectivity index (χ4n) is 3.63. The molecule has 0 saturated heterocycles. The van der Waals surface area contributed by atoms with Crippen LogP contribution in [0.4, 0.5) is 0 Å². The molecule has 4 nitrogen and oxygen atoms in total. The van der Waals surface area contributed by atoms with Crippen molar-refractivity contribution < 1.29 is 19.1 Å². The fraction of sp³-hybridized carbons (Fsp3) is 0.828. The van der Waals surface area contributed by atoms with Crippen LogP contribution in [-0.4, -0.2) is 33.8 Å². The highest BCUT2D eigenvalue weighted by Gasteiger charge is 2.18. The Kier molecular flexibility index (Phi) is 25.8. The average Bonchev–Trinajstić information content (AvgIpc) is 2.83. The maximum atomic E-state index is 12.1. The molecular formula is C29H52O4S2. The van der Waals surface area contributed by atoms with Crippen LogP contribution in [0, 0.1) is 0 Å². The summed E-state index contributed by atoms with van der Waals surface area (Å²) in [6, 6.07) is 0. The molecule has 0 bridgehead atoms. The standard InChI is InChI=1S/C29H52O4S2/c1-4-7-8-9-10-11-12-13-14-15-16-17-18-19-20-23-27(30)33-24-26(35-29(32)22-6-3)25-34-28(31)21-5-2/h13-14,26H,4-12,15-25H2,1-3H3. The second-order valence-corrected chi connectivity index (χ2v) is 11.7. The third kappa shape index (κ3) is 24.7. The van der Waals surface area contributed by atoms with E-state index in [1.807, 2.05) is 13.8 Å². The van der Waals surface area contributed by atoms with Gasteiger partial charge in [0.25, 0.3) is 0 Å². The lowest BCUT2D eigenvalue weighted by molar-refractivity contribution is -0.143. The molecule has 0 aromatic carbocycles. The Morgan fingerprint density at radius 2 is 1.20 bits per heavy atom. The highest BCUT2D eigenvalue weighted by Crippen LogP contribution is 2.22. The first-order valence-electron chi connectivity index (χ1n) is 14.2. The molecule has 6 heteroatoms. The zero-order chi connectivity index (χ0) is 26.0. The van der Waals surface area contributed by atoms with Crippen LogP contribution in [0.1, 0.15) is 136 Å². The first kappa shape index (κ1) is 34.2. The van der Waals surface area contributed by atoms with Crippen molar-refractivity contribution in [1.29, 1.82) is 0 Å². The van der Waals surface area contributed by atoms with Crippen molar-refractivity contribution in [2.45, 2.75) is 142 Å². The van der Waals surface area contributed by atoms with Gasteiger partial charge in [-0.2, -0.15) is 0 Å². The quantitative estimate of drug-likeness (QED) is 0.0707. The van der Waals surface area contributed by atoms with E-state index in [1.54, 1.807) is 0 Å². The van der Waals surface area contributed by atoms with Gasteiger partial charge in [0.2, 0.25) is 0 Å². The van der Waals surface area contributed by atoms with Crippen molar-refractivity contribution in [2.75, 3.05) is 12.4 Å². The molecule has 204 valence electrons. The molecule has 0 aliphatic carbocycles. The van der Waals surface area contributed by atoms with Crippen LogP contribution in [0.3, 0.4) is 0 Å². The van der Waals surface area contributed by atoms with Crippen molar-refractivity contribution in [3.63, 3.8) is 0 Å². The summed E-state index contributed by atoms with van der Waals surface area (Å²) in [6.45, 7) is 6.41. The zero-order valence-electron chi connectivity index (χ0n) is 22.8. The molecule has 0 N–H and O–H groups in total. The smallest absolute Gasteiger partial charge is 0.305 e. The molecule has 0 radical (unpaired) electrons. The number of rotatable bonds is 24. The zero-order valence-corrected chi connectivity index (χ0v) is 24.5. The first-order valence-corrected chi connectivity index (χ1v) is 16.1. The van der Waals surface area contributed by atoms with Crippen LogP contribution in [-0.2, 0) is 19.1 Å². The minimum Gasteiger partial charge on any atom is -0.464 e. The normalized spacial score (nSPS) is 12.2. The van der Waals surface area contributed by atoms with Crippen LogP contribution in [0.2, 0.25) is 0 Å². The van der Waals surface area contributed by atoms with E-state index in [9.17, 15) is 14.4 Å². The molecule has 35 heavy (non-hydrogen) atoms. The third-order valence-corrected chi connectivity index (χ3v) is 8.12. The van der Waals surface area contributed by atoms with Gasteiger partial charge in [-0.3, -0.25) is 14.4 Å². The summed E-state index contributed by atoms with van der Waals surface area (Å²) >= 11 is 2.48. The number of ether oxygens (including phenoxy) is 1. The van der Waals surface area contributed by atoms with Crippen molar-refractivity contribution in [2.24, 2.45) is 0 Å². The summed E-state index contributed by atoms with van der Waals surface area (Å²) in [5.41, 5.74) is 0. The van der Waals surface area contributed by atoms with E-state index >= 15 is 0 Å². The summed E-state index contributed by atoms with van der Waals surface area (Å²) in [7, 11) is 0. The molecule has 0 heterocycles. The van der Waals surface area contributed by atoms with Gasteiger partial charge >= 0.3 is 5.97 Å². The lowest BCUT2D eigenvalue weighted by atomic mass is 10.1. The second-order valence-electron chi connectivity index (χ2n) is 9.31. The maximum absolute atomic E-state index is 12.1. The van der Waals surface area contributed by atoms with E-state index in [1.165, 1.54) is 81.3 Å². The Bertz CT molecular complexity index is 563. The molecule has 0 aromatic heterocycles. The Morgan fingerprint density at radius 1 is 0.657 bits per heavy atom. The average molecular weight is 529 g/mol. The van der Waals surface area contributed by atoms with Gasteiger partial charge in [0.15, 0.2) is 10.2 Å². The van der Waals surface area contributed by atoms with E-state index in [4.69, 9.17) is 4.74 Å². The third-order valence-electron chi connectivity index (χ3n) is 5.71. The molecule has 0 rings (SSSR count). The van der Waals surface area contributed by atoms with Gasteiger partial charge in [-0.05, 0) is 44.9 Å². The highest BCUT2D eigenvalue weighted by molar-refractivity contribution is 8.17. The SMILES string of the molecule is CCCCCCCCC=CCCCCCCCC(=O)OCC(CSC(=O)CCC)SC(=O)CCC. The van der Waals surface area contributed by atoms with E-state index in [2.05, 4.69) is 19.1 Å². The summed E-state index contributed by atoms with van der Waals surface area (Å²) < 4.78 is 5.45. The van der Waals surface area contributed by atoms with Crippen LogP contribution >= 0.6 is 23.5 Å². The Balaban J connectivity index is 3.83. The van der Waals surface area contributed by atoms with Gasteiger partial charge in [-0.1, -0.05) is 108 Å². The van der Waals surface area contributed by atoms with E-state index < -0.39 is 0 Å². The summed E-state index contributed by atoms with van der Waals surface area (Å²) in [5.74, 6) is 0.320. The number of hydrogen-bond donors (Lipinski definition) is 0. The van der Waals surface area contributed by atoms with Gasteiger partial charge in [0, 0.05) is 25.0 Å². The van der Waals surface area contributed by atoms with Crippen LogP contribution in [0.25, 0.3) is 0 Å².